The summed E-state index contributed by atoms with van der Waals surface area (Å²) in [5.74, 6) is 3.17. The quantitative estimate of drug-likeness (QED) is 0.230. The number of hydrogen-bond donors (Lipinski definition) is 2. The lowest BCUT2D eigenvalue weighted by Gasteiger charge is -2.35. The van der Waals surface area contributed by atoms with Gasteiger partial charge in [0.25, 0.3) is 0 Å². The van der Waals surface area contributed by atoms with Crippen molar-refractivity contribution in [2.24, 2.45) is 0 Å². The van der Waals surface area contributed by atoms with Crippen LogP contribution >= 0.6 is 0 Å². The Hall–Kier alpha value is -3.92. The van der Waals surface area contributed by atoms with Crippen LogP contribution in [0.2, 0.25) is 0 Å². The molecule has 35 heavy (non-hydrogen) atoms. The molecule has 0 aliphatic carbocycles. The van der Waals surface area contributed by atoms with E-state index in [9.17, 15) is 0 Å². The molecule has 0 radical (unpaired) electrons. The van der Waals surface area contributed by atoms with Crippen LogP contribution in [0.1, 0.15) is 50.7 Å². The first-order valence-electron chi connectivity index (χ1n) is 12.3. The van der Waals surface area contributed by atoms with Crippen LogP contribution in [0.25, 0.3) is 0 Å². The lowest BCUT2D eigenvalue weighted by atomic mass is 9.69. The summed E-state index contributed by atoms with van der Waals surface area (Å²) in [6.07, 6.45) is 4.39. The second-order valence-electron chi connectivity index (χ2n) is 8.93. The summed E-state index contributed by atoms with van der Waals surface area (Å²) in [4.78, 5) is 0. The smallest absolute Gasteiger partial charge is 0.127 e. The molecule has 0 atom stereocenters. The molecule has 0 saturated heterocycles. The van der Waals surface area contributed by atoms with E-state index in [1.807, 2.05) is 48.5 Å². The number of nitrogen functional groups attached to an aromatic ring is 2. The van der Waals surface area contributed by atoms with E-state index < -0.39 is 0 Å². The molecular weight excluding hydrogens is 432 g/mol. The number of rotatable bonds is 10. The molecule has 0 amide bonds. The van der Waals surface area contributed by atoms with Gasteiger partial charge >= 0.3 is 0 Å². The Morgan fingerprint density at radius 2 is 0.886 bits per heavy atom. The maximum absolute atomic E-state index is 6.02. The van der Waals surface area contributed by atoms with E-state index in [4.69, 9.17) is 20.9 Å². The second-order valence-corrected chi connectivity index (χ2v) is 8.93. The molecule has 0 spiro atoms. The summed E-state index contributed by atoms with van der Waals surface area (Å²) in [5, 5.41) is 0. The van der Waals surface area contributed by atoms with Crippen molar-refractivity contribution in [3.8, 4) is 23.0 Å². The summed E-state index contributed by atoms with van der Waals surface area (Å²) < 4.78 is 12.0. The summed E-state index contributed by atoms with van der Waals surface area (Å²) in [5.41, 5.74) is 15.5. The SMILES string of the molecule is CCCCC(CC)(c1ccc(Oc2ccc(N)cc2)cc1)c1ccc(Oc2ccc(N)cc2)cc1. The summed E-state index contributed by atoms with van der Waals surface area (Å²) >= 11 is 0. The van der Waals surface area contributed by atoms with E-state index in [1.54, 1.807) is 0 Å². The molecule has 4 rings (SSSR count). The summed E-state index contributed by atoms with van der Waals surface area (Å²) in [6, 6.07) is 31.9. The normalized spacial score (nSPS) is 11.3. The van der Waals surface area contributed by atoms with Crippen LogP contribution in [0.4, 0.5) is 11.4 Å². The number of benzene rings is 4. The summed E-state index contributed by atoms with van der Waals surface area (Å²) in [7, 11) is 0. The van der Waals surface area contributed by atoms with Crippen LogP contribution in [-0.4, -0.2) is 0 Å². The lowest BCUT2D eigenvalue weighted by Crippen LogP contribution is -2.27. The van der Waals surface area contributed by atoms with Crippen LogP contribution in [0.5, 0.6) is 23.0 Å². The predicted molar refractivity (Wildman–Crippen MR) is 145 cm³/mol. The largest absolute Gasteiger partial charge is 0.457 e. The Bertz CT molecular complexity index is 1110. The Labute approximate surface area is 208 Å². The fourth-order valence-electron chi connectivity index (χ4n) is 4.55. The molecule has 0 aliphatic heterocycles. The standard InChI is InChI=1S/C31H34N2O2/c1-3-5-22-31(4-2,23-6-14-27(15-7-23)34-29-18-10-25(32)11-19-29)24-8-16-28(17-9-24)35-30-20-12-26(33)13-21-30/h6-21H,3-5,22,32-33H2,1-2H3. The molecule has 4 aromatic carbocycles. The van der Waals surface area contributed by atoms with Crippen molar-refractivity contribution >= 4 is 11.4 Å². The number of hydrogen-bond acceptors (Lipinski definition) is 4. The van der Waals surface area contributed by atoms with Crippen LogP contribution in [0.3, 0.4) is 0 Å². The Morgan fingerprint density at radius 1 is 0.543 bits per heavy atom. The van der Waals surface area contributed by atoms with Crippen molar-refractivity contribution < 1.29 is 9.47 Å². The third-order valence-corrected chi connectivity index (χ3v) is 6.61. The lowest BCUT2D eigenvalue weighted by molar-refractivity contribution is 0.434. The summed E-state index contributed by atoms with van der Waals surface area (Å²) in [6.45, 7) is 4.51. The van der Waals surface area contributed by atoms with Gasteiger partial charge in [-0.1, -0.05) is 51.0 Å². The van der Waals surface area contributed by atoms with Crippen LogP contribution in [0.15, 0.2) is 97.1 Å². The molecule has 4 heteroatoms. The van der Waals surface area contributed by atoms with Gasteiger partial charge in [0.05, 0.1) is 0 Å². The van der Waals surface area contributed by atoms with Gasteiger partial charge in [-0.3, -0.25) is 0 Å². The molecule has 0 fully saturated rings. The van der Waals surface area contributed by atoms with Crippen LogP contribution in [0, 0.1) is 0 Å². The molecule has 0 bridgehead atoms. The highest BCUT2D eigenvalue weighted by Gasteiger charge is 2.32. The van der Waals surface area contributed by atoms with Crippen molar-refractivity contribution in [2.75, 3.05) is 11.5 Å². The first-order valence-corrected chi connectivity index (χ1v) is 12.3. The second kappa shape index (κ2) is 11.0. The average molecular weight is 467 g/mol. The highest BCUT2D eigenvalue weighted by molar-refractivity contribution is 5.47. The third-order valence-electron chi connectivity index (χ3n) is 6.61. The minimum Gasteiger partial charge on any atom is -0.457 e. The van der Waals surface area contributed by atoms with Gasteiger partial charge in [-0.05, 0) is 96.8 Å². The molecule has 4 nitrogen and oxygen atoms in total. The molecule has 180 valence electrons. The monoisotopic (exact) mass is 466 g/mol. The van der Waals surface area contributed by atoms with Crippen LogP contribution in [-0.2, 0) is 5.41 Å². The molecule has 0 aliphatic rings. The van der Waals surface area contributed by atoms with Crippen molar-refractivity contribution in [1.29, 1.82) is 0 Å². The maximum Gasteiger partial charge on any atom is 0.127 e. The zero-order valence-corrected chi connectivity index (χ0v) is 20.5. The average Bonchev–Trinajstić information content (AvgIpc) is 2.89. The number of ether oxygens (including phenoxy) is 2. The van der Waals surface area contributed by atoms with Crippen molar-refractivity contribution in [1.82, 2.24) is 0 Å². The predicted octanol–water partition coefficient (Wildman–Crippen LogP) is 8.32. The van der Waals surface area contributed by atoms with E-state index in [-0.39, 0.29) is 5.41 Å². The van der Waals surface area contributed by atoms with Gasteiger partial charge in [-0.2, -0.15) is 0 Å². The number of unbranched alkanes of at least 4 members (excludes halogenated alkanes) is 1. The van der Waals surface area contributed by atoms with Gasteiger partial charge < -0.3 is 20.9 Å². The van der Waals surface area contributed by atoms with Crippen molar-refractivity contribution in [3.05, 3.63) is 108 Å². The molecular formula is C31H34N2O2. The maximum atomic E-state index is 6.02. The van der Waals surface area contributed by atoms with Gasteiger partial charge in [-0.25, -0.2) is 0 Å². The van der Waals surface area contributed by atoms with E-state index in [0.29, 0.717) is 0 Å². The Balaban J connectivity index is 1.58. The van der Waals surface area contributed by atoms with E-state index in [1.165, 1.54) is 11.1 Å². The number of nitrogens with two attached hydrogens (primary N) is 2. The fourth-order valence-corrected chi connectivity index (χ4v) is 4.55. The van der Waals surface area contributed by atoms with Gasteiger partial charge in [-0.15, -0.1) is 0 Å². The molecule has 0 aromatic heterocycles. The molecule has 0 saturated carbocycles. The minimum absolute atomic E-state index is 0.0739. The Kier molecular flexibility index (Phi) is 7.61. The Morgan fingerprint density at radius 3 is 1.20 bits per heavy atom. The fraction of sp³-hybridized carbons (Fsp3) is 0.226. The van der Waals surface area contributed by atoms with Gasteiger partial charge in [0.15, 0.2) is 0 Å². The zero-order valence-electron chi connectivity index (χ0n) is 20.5. The van der Waals surface area contributed by atoms with E-state index in [0.717, 1.165) is 60.1 Å². The molecule has 4 N–H and O–H groups in total. The van der Waals surface area contributed by atoms with Crippen molar-refractivity contribution in [2.45, 2.75) is 44.9 Å². The van der Waals surface area contributed by atoms with Gasteiger partial charge in [0.2, 0.25) is 0 Å². The van der Waals surface area contributed by atoms with E-state index in [2.05, 4.69) is 62.4 Å². The van der Waals surface area contributed by atoms with Crippen LogP contribution < -0.4 is 20.9 Å². The molecule has 0 heterocycles. The number of anilines is 2. The van der Waals surface area contributed by atoms with E-state index >= 15 is 0 Å². The minimum atomic E-state index is -0.0739. The van der Waals surface area contributed by atoms with Crippen molar-refractivity contribution in [3.63, 3.8) is 0 Å². The molecule has 4 aromatic rings. The third kappa shape index (κ3) is 5.78. The zero-order chi connectivity index (χ0) is 24.7. The first-order chi connectivity index (χ1) is 17.0. The highest BCUT2D eigenvalue weighted by Crippen LogP contribution is 2.42. The van der Waals surface area contributed by atoms with Gasteiger partial charge in [0.1, 0.15) is 23.0 Å². The highest BCUT2D eigenvalue weighted by atomic mass is 16.5. The van der Waals surface area contributed by atoms with Gasteiger partial charge in [0, 0.05) is 16.8 Å². The molecule has 0 unspecified atom stereocenters. The first kappa shape index (κ1) is 24.2. The topological polar surface area (TPSA) is 70.5 Å².